The third-order valence-electron chi connectivity index (χ3n) is 5.89. The number of likely N-dealkylation sites (tertiary alicyclic amines) is 1. The Morgan fingerprint density at radius 3 is 2.63 bits per heavy atom. The average Bonchev–Trinajstić information content (AvgIpc) is 3.47. The van der Waals surface area contributed by atoms with Crippen molar-refractivity contribution in [1.82, 2.24) is 24.6 Å². The minimum atomic E-state index is -4.84. The van der Waals surface area contributed by atoms with Crippen LogP contribution in [-0.2, 0) is 6.42 Å². The molecule has 8 nitrogen and oxygen atoms in total. The van der Waals surface area contributed by atoms with Crippen molar-refractivity contribution in [3.05, 3.63) is 88.1 Å². The number of rotatable bonds is 5. The predicted octanol–water partition coefficient (Wildman–Crippen LogP) is 3.70. The SMILES string of the molecule is O=C(c1ccccc1)N1CCC(n2ncc3c(=O)[nH]c(Cc4ccccc4OC(F)(F)F)nc32)C1. The number of aromatic amines is 1. The Morgan fingerprint density at radius 1 is 1.11 bits per heavy atom. The van der Waals surface area contributed by atoms with Crippen LogP contribution >= 0.6 is 0 Å². The van der Waals surface area contributed by atoms with Crippen molar-refractivity contribution in [1.29, 1.82) is 0 Å². The maximum atomic E-state index is 12.8. The highest BCUT2D eigenvalue weighted by Crippen LogP contribution is 2.28. The molecule has 1 aliphatic heterocycles. The molecule has 0 bridgehead atoms. The maximum absolute atomic E-state index is 12.8. The summed E-state index contributed by atoms with van der Waals surface area (Å²) in [4.78, 5) is 34.3. The van der Waals surface area contributed by atoms with Gasteiger partial charge in [0.05, 0.1) is 12.2 Å². The fourth-order valence-corrected chi connectivity index (χ4v) is 4.28. The molecule has 1 aliphatic rings. The molecular formula is C24H20F3N5O3. The first-order chi connectivity index (χ1) is 16.8. The number of fused-ring (bicyclic) bond motifs is 1. The average molecular weight is 483 g/mol. The number of hydrogen-bond acceptors (Lipinski definition) is 5. The summed E-state index contributed by atoms with van der Waals surface area (Å²) < 4.78 is 44.1. The minimum Gasteiger partial charge on any atom is -0.405 e. The molecule has 0 spiro atoms. The van der Waals surface area contributed by atoms with Crippen LogP contribution in [0.15, 0.2) is 65.6 Å². The van der Waals surface area contributed by atoms with Crippen LogP contribution in [0.25, 0.3) is 11.0 Å². The second kappa shape index (κ2) is 8.90. The molecule has 1 saturated heterocycles. The van der Waals surface area contributed by atoms with E-state index >= 15 is 0 Å². The van der Waals surface area contributed by atoms with Crippen molar-refractivity contribution in [3.63, 3.8) is 0 Å². The number of alkyl halides is 3. The number of halogens is 3. The third-order valence-corrected chi connectivity index (χ3v) is 5.89. The van der Waals surface area contributed by atoms with Crippen molar-refractivity contribution in [2.24, 2.45) is 0 Å². The van der Waals surface area contributed by atoms with Gasteiger partial charge < -0.3 is 14.6 Å². The zero-order chi connectivity index (χ0) is 24.6. The van der Waals surface area contributed by atoms with Crippen LogP contribution in [0.1, 0.15) is 34.2 Å². The van der Waals surface area contributed by atoms with Gasteiger partial charge in [-0.3, -0.25) is 9.59 Å². The summed E-state index contributed by atoms with van der Waals surface area (Å²) in [5.41, 5.74) is 0.687. The molecule has 1 N–H and O–H groups in total. The number of para-hydroxylation sites is 1. The molecule has 5 rings (SSSR count). The Balaban J connectivity index is 1.41. The second-order valence-electron chi connectivity index (χ2n) is 8.23. The number of benzene rings is 2. The fourth-order valence-electron chi connectivity index (χ4n) is 4.28. The molecule has 0 aliphatic carbocycles. The smallest absolute Gasteiger partial charge is 0.405 e. The molecule has 11 heteroatoms. The number of H-pyrrole nitrogens is 1. The van der Waals surface area contributed by atoms with Gasteiger partial charge in [0.15, 0.2) is 5.65 Å². The molecule has 2 aromatic carbocycles. The summed E-state index contributed by atoms with van der Waals surface area (Å²) in [6.07, 6.45) is -2.88. The number of hydrogen-bond donors (Lipinski definition) is 1. The van der Waals surface area contributed by atoms with Gasteiger partial charge in [0, 0.05) is 30.6 Å². The molecule has 1 atom stereocenters. The van der Waals surface area contributed by atoms with Gasteiger partial charge in [-0.25, -0.2) is 9.67 Å². The third kappa shape index (κ3) is 4.75. The zero-order valence-corrected chi connectivity index (χ0v) is 18.3. The number of carbonyl (C=O) groups excluding carboxylic acids is 1. The molecule has 0 radical (unpaired) electrons. The van der Waals surface area contributed by atoms with E-state index in [0.29, 0.717) is 30.7 Å². The molecule has 3 heterocycles. The van der Waals surface area contributed by atoms with Crippen molar-refractivity contribution >= 4 is 16.9 Å². The summed E-state index contributed by atoms with van der Waals surface area (Å²) in [5.74, 6) is -0.267. The summed E-state index contributed by atoms with van der Waals surface area (Å²) in [6.45, 7) is 0.925. The van der Waals surface area contributed by atoms with Crippen LogP contribution in [0.3, 0.4) is 0 Å². The molecule has 180 valence electrons. The van der Waals surface area contributed by atoms with Gasteiger partial charge in [-0.15, -0.1) is 13.2 Å². The minimum absolute atomic E-state index is 0.0775. The Kier molecular flexibility index (Phi) is 5.75. The van der Waals surface area contributed by atoms with E-state index in [2.05, 4.69) is 19.8 Å². The van der Waals surface area contributed by atoms with Crippen LogP contribution in [0, 0.1) is 0 Å². The van der Waals surface area contributed by atoms with E-state index < -0.39 is 11.9 Å². The number of nitrogens with one attached hydrogen (secondary N) is 1. The Hall–Kier alpha value is -4.15. The first kappa shape index (κ1) is 22.6. The molecule has 2 aromatic heterocycles. The lowest BCUT2D eigenvalue weighted by Crippen LogP contribution is -2.29. The number of carbonyl (C=O) groups is 1. The number of ether oxygens (including phenoxy) is 1. The highest BCUT2D eigenvalue weighted by atomic mass is 19.4. The quantitative estimate of drug-likeness (QED) is 0.467. The van der Waals surface area contributed by atoms with Gasteiger partial charge in [0.1, 0.15) is 17.0 Å². The van der Waals surface area contributed by atoms with Crippen LogP contribution < -0.4 is 10.3 Å². The zero-order valence-electron chi connectivity index (χ0n) is 18.3. The van der Waals surface area contributed by atoms with Gasteiger partial charge in [0.25, 0.3) is 11.5 Å². The summed E-state index contributed by atoms with van der Waals surface area (Å²) >= 11 is 0. The number of amides is 1. The van der Waals surface area contributed by atoms with Crippen LogP contribution in [0.5, 0.6) is 5.75 Å². The molecule has 4 aromatic rings. The highest BCUT2D eigenvalue weighted by molar-refractivity contribution is 5.94. The Morgan fingerprint density at radius 2 is 1.86 bits per heavy atom. The number of nitrogens with zero attached hydrogens (tertiary/aromatic N) is 4. The van der Waals surface area contributed by atoms with Gasteiger partial charge in [-0.2, -0.15) is 5.10 Å². The van der Waals surface area contributed by atoms with Crippen molar-refractivity contribution < 1.29 is 22.7 Å². The van der Waals surface area contributed by atoms with E-state index in [4.69, 9.17) is 0 Å². The van der Waals surface area contributed by atoms with E-state index in [9.17, 15) is 22.8 Å². The van der Waals surface area contributed by atoms with E-state index in [-0.39, 0.29) is 40.9 Å². The standard InChI is InChI=1S/C24H20F3N5O3/c25-24(26,27)35-19-9-5-4-8-16(19)12-20-29-21-18(22(33)30-20)13-28-32(21)17-10-11-31(14-17)23(34)15-6-2-1-3-7-15/h1-9,13,17H,10-12,14H2,(H,29,30,33). The van der Waals surface area contributed by atoms with Gasteiger partial charge in [0.2, 0.25) is 0 Å². The van der Waals surface area contributed by atoms with E-state index in [1.807, 2.05) is 6.07 Å². The van der Waals surface area contributed by atoms with Crippen molar-refractivity contribution in [2.45, 2.75) is 25.2 Å². The van der Waals surface area contributed by atoms with Crippen LogP contribution in [0.2, 0.25) is 0 Å². The molecule has 0 saturated carbocycles. The largest absolute Gasteiger partial charge is 0.573 e. The fraction of sp³-hybridized carbons (Fsp3) is 0.250. The lowest BCUT2D eigenvalue weighted by molar-refractivity contribution is -0.274. The number of aromatic nitrogens is 4. The molecule has 1 unspecified atom stereocenters. The van der Waals surface area contributed by atoms with E-state index in [0.717, 1.165) is 0 Å². The molecule has 35 heavy (non-hydrogen) atoms. The van der Waals surface area contributed by atoms with Crippen molar-refractivity contribution in [2.75, 3.05) is 13.1 Å². The topological polar surface area (TPSA) is 93.1 Å². The molecule has 1 fully saturated rings. The Bertz CT molecular complexity index is 1430. The molecular weight excluding hydrogens is 463 g/mol. The first-order valence-electron chi connectivity index (χ1n) is 10.9. The summed E-state index contributed by atoms with van der Waals surface area (Å²) in [7, 11) is 0. The van der Waals surface area contributed by atoms with Gasteiger partial charge in [-0.05, 0) is 24.6 Å². The highest BCUT2D eigenvalue weighted by Gasteiger charge is 2.32. The maximum Gasteiger partial charge on any atom is 0.573 e. The predicted molar refractivity (Wildman–Crippen MR) is 120 cm³/mol. The van der Waals surface area contributed by atoms with Crippen LogP contribution in [-0.4, -0.2) is 50.0 Å². The van der Waals surface area contributed by atoms with Gasteiger partial charge >= 0.3 is 6.36 Å². The summed E-state index contributed by atoms with van der Waals surface area (Å²) in [6, 6.07) is 14.5. The normalized spacial score (nSPS) is 16.1. The lowest BCUT2D eigenvalue weighted by Gasteiger charge is -2.17. The molecule has 1 amide bonds. The van der Waals surface area contributed by atoms with Crippen molar-refractivity contribution in [3.8, 4) is 5.75 Å². The second-order valence-corrected chi connectivity index (χ2v) is 8.23. The van der Waals surface area contributed by atoms with Gasteiger partial charge in [-0.1, -0.05) is 36.4 Å². The van der Waals surface area contributed by atoms with E-state index in [1.54, 1.807) is 39.9 Å². The Labute approximate surface area is 197 Å². The van der Waals surface area contributed by atoms with Crippen LogP contribution in [0.4, 0.5) is 13.2 Å². The summed E-state index contributed by atoms with van der Waals surface area (Å²) in [5, 5.41) is 4.61. The van der Waals surface area contributed by atoms with E-state index in [1.165, 1.54) is 24.4 Å². The monoisotopic (exact) mass is 483 g/mol. The lowest BCUT2D eigenvalue weighted by atomic mass is 10.1. The first-order valence-corrected chi connectivity index (χ1v) is 10.9.